The third-order valence-corrected chi connectivity index (χ3v) is 2.30. The van der Waals surface area contributed by atoms with Crippen LogP contribution in [0.15, 0.2) is 12.3 Å². The van der Waals surface area contributed by atoms with Gasteiger partial charge in [0.25, 0.3) is 0 Å². The van der Waals surface area contributed by atoms with Crippen LogP contribution in [0.3, 0.4) is 0 Å². The van der Waals surface area contributed by atoms with Gasteiger partial charge in [0, 0.05) is 23.3 Å². The Bertz CT molecular complexity index is 447. The second-order valence-corrected chi connectivity index (χ2v) is 3.42. The van der Waals surface area contributed by atoms with Crippen molar-refractivity contribution in [1.29, 1.82) is 0 Å². The van der Waals surface area contributed by atoms with E-state index in [0.29, 0.717) is 5.75 Å². The highest BCUT2D eigenvalue weighted by Crippen LogP contribution is 2.09. The molecule has 3 nitrogen and oxygen atoms in total. The number of thiol groups is 1. The topological polar surface area (TPSA) is 30.2 Å². The van der Waals surface area contributed by atoms with Gasteiger partial charge in [-0.3, -0.25) is 4.40 Å². The summed E-state index contributed by atoms with van der Waals surface area (Å²) < 4.78 is 1.98. The normalized spacial score (nSPS) is 11.0. The molecule has 0 radical (unpaired) electrons. The fourth-order valence-electron chi connectivity index (χ4n) is 1.39. The molecule has 2 aromatic heterocycles. The van der Waals surface area contributed by atoms with E-state index in [4.69, 9.17) is 0 Å². The maximum atomic E-state index is 4.33. The van der Waals surface area contributed by atoms with Crippen molar-refractivity contribution in [2.24, 2.45) is 0 Å². The summed E-state index contributed by atoms with van der Waals surface area (Å²) in [5, 5.41) is 0. The van der Waals surface area contributed by atoms with Crippen molar-refractivity contribution < 1.29 is 0 Å². The van der Waals surface area contributed by atoms with E-state index >= 15 is 0 Å². The molecule has 0 fully saturated rings. The Hall–Kier alpha value is -1.03. The van der Waals surface area contributed by atoms with Gasteiger partial charge in [-0.05, 0) is 19.9 Å². The maximum absolute atomic E-state index is 4.33. The van der Waals surface area contributed by atoms with Crippen LogP contribution in [0, 0.1) is 13.8 Å². The van der Waals surface area contributed by atoms with E-state index in [1.165, 1.54) is 0 Å². The predicted molar refractivity (Wildman–Crippen MR) is 55.2 cm³/mol. The van der Waals surface area contributed by atoms with Crippen molar-refractivity contribution >= 4 is 18.4 Å². The molecule has 0 saturated heterocycles. The molecule has 0 aromatic carbocycles. The minimum absolute atomic E-state index is 0.655. The van der Waals surface area contributed by atoms with Crippen LogP contribution in [0.1, 0.15) is 17.1 Å². The van der Waals surface area contributed by atoms with E-state index in [0.717, 1.165) is 22.9 Å². The van der Waals surface area contributed by atoms with E-state index in [1.807, 2.05) is 30.5 Å². The molecule has 0 atom stereocenters. The highest BCUT2D eigenvalue weighted by molar-refractivity contribution is 7.79. The Balaban J connectivity index is 2.75. The summed E-state index contributed by atoms with van der Waals surface area (Å²) in [6, 6.07) is 2.04. The SMILES string of the molecule is Cc1cc(C)n2cc(CS)nc2n1. The van der Waals surface area contributed by atoms with Gasteiger partial charge < -0.3 is 0 Å². The minimum atomic E-state index is 0.655. The second-order valence-electron chi connectivity index (χ2n) is 3.10. The molecule has 0 saturated carbocycles. The van der Waals surface area contributed by atoms with E-state index in [2.05, 4.69) is 22.6 Å². The number of nitrogens with zero attached hydrogens (tertiary/aromatic N) is 3. The largest absolute Gasteiger partial charge is 0.288 e. The Morgan fingerprint density at radius 2 is 2.15 bits per heavy atom. The molecule has 13 heavy (non-hydrogen) atoms. The van der Waals surface area contributed by atoms with Crippen molar-refractivity contribution in [3.05, 3.63) is 29.3 Å². The zero-order valence-electron chi connectivity index (χ0n) is 7.65. The number of aryl methyl sites for hydroxylation is 2. The molecule has 0 aliphatic heterocycles. The third-order valence-electron chi connectivity index (χ3n) is 1.97. The van der Waals surface area contributed by atoms with Crippen LogP contribution in [0.5, 0.6) is 0 Å². The van der Waals surface area contributed by atoms with Gasteiger partial charge in [0.2, 0.25) is 5.78 Å². The van der Waals surface area contributed by atoms with Crippen LogP contribution in [0.25, 0.3) is 5.78 Å². The molecular weight excluding hydrogens is 182 g/mol. The lowest BCUT2D eigenvalue weighted by molar-refractivity contribution is 1.01. The fraction of sp³-hybridized carbons (Fsp3) is 0.333. The number of rotatable bonds is 1. The number of hydrogen-bond donors (Lipinski definition) is 1. The molecule has 0 aliphatic carbocycles. The zero-order valence-corrected chi connectivity index (χ0v) is 8.55. The monoisotopic (exact) mass is 193 g/mol. The van der Waals surface area contributed by atoms with Gasteiger partial charge >= 0.3 is 0 Å². The van der Waals surface area contributed by atoms with Crippen LogP contribution >= 0.6 is 12.6 Å². The second kappa shape index (κ2) is 3.03. The Morgan fingerprint density at radius 3 is 2.85 bits per heavy atom. The highest BCUT2D eigenvalue weighted by atomic mass is 32.1. The molecule has 0 amide bonds. The lowest BCUT2D eigenvalue weighted by Crippen LogP contribution is -1.94. The molecule has 0 aliphatic rings. The minimum Gasteiger partial charge on any atom is -0.288 e. The molecular formula is C9H11N3S. The van der Waals surface area contributed by atoms with Gasteiger partial charge in [-0.2, -0.15) is 12.6 Å². The molecule has 0 N–H and O–H groups in total. The summed E-state index contributed by atoms with van der Waals surface area (Å²) in [5.41, 5.74) is 3.12. The first-order valence-electron chi connectivity index (χ1n) is 4.14. The van der Waals surface area contributed by atoms with E-state index in [9.17, 15) is 0 Å². The van der Waals surface area contributed by atoms with Crippen molar-refractivity contribution in [2.45, 2.75) is 19.6 Å². The van der Waals surface area contributed by atoms with Gasteiger partial charge in [-0.15, -0.1) is 0 Å². The molecule has 4 heteroatoms. The number of aromatic nitrogens is 3. The average molecular weight is 193 g/mol. The lowest BCUT2D eigenvalue weighted by atomic mass is 10.3. The number of fused-ring (bicyclic) bond motifs is 1. The summed E-state index contributed by atoms with van der Waals surface area (Å²) >= 11 is 4.18. The summed E-state index contributed by atoms with van der Waals surface area (Å²) in [5.74, 6) is 1.42. The van der Waals surface area contributed by atoms with Gasteiger partial charge in [0.1, 0.15) is 0 Å². The third kappa shape index (κ3) is 1.42. The van der Waals surface area contributed by atoms with Crippen LogP contribution in [-0.4, -0.2) is 14.4 Å². The number of hydrogen-bond acceptors (Lipinski definition) is 3. The molecule has 2 rings (SSSR count). The van der Waals surface area contributed by atoms with Gasteiger partial charge in [-0.25, -0.2) is 9.97 Å². The smallest absolute Gasteiger partial charge is 0.234 e. The molecule has 0 unspecified atom stereocenters. The van der Waals surface area contributed by atoms with Gasteiger partial charge in [-0.1, -0.05) is 0 Å². The standard InChI is InChI=1S/C9H11N3S/c1-6-3-7(2)12-4-8(5-13)11-9(12)10-6/h3-4,13H,5H2,1-2H3. The average Bonchev–Trinajstić information content (AvgIpc) is 2.47. The van der Waals surface area contributed by atoms with Crippen molar-refractivity contribution in [3.63, 3.8) is 0 Å². The van der Waals surface area contributed by atoms with Crippen LogP contribution in [0.2, 0.25) is 0 Å². The lowest BCUT2D eigenvalue weighted by Gasteiger charge is -1.98. The van der Waals surface area contributed by atoms with Gasteiger partial charge in [0.15, 0.2) is 0 Å². The van der Waals surface area contributed by atoms with Crippen LogP contribution in [0.4, 0.5) is 0 Å². The van der Waals surface area contributed by atoms with Crippen LogP contribution in [-0.2, 0) is 5.75 Å². The van der Waals surface area contributed by atoms with E-state index in [-0.39, 0.29) is 0 Å². The van der Waals surface area contributed by atoms with Crippen molar-refractivity contribution in [1.82, 2.24) is 14.4 Å². The Kier molecular flexibility index (Phi) is 2.00. The first-order valence-corrected chi connectivity index (χ1v) is 4.77. The highest BCUT2D eigenvalue weighted by Gasteiger charge is 2.03. The summed E-state index contributed by atoms with van der Waals surface area (Å²) in [6.07, 6.45) is 1.98. The molecule has 68 valence electrons. The fourth-order valence-corrected chi connectivity index (χ4v) is 1.55. The summed E-state index contributed by atoms with van der Waals surface area (Å²) in [6.45, 7) is 4.02. The molecule has 0 bridgehead atoms. The van der Waals surface area contributed by atoms with Crippen LogP contribution < -0.4 is 0 Å². The zero-order chi connectivity index (χ0) is 9.42. The van der Waals surface area contributed by atoms with E-state index < -0.39 is 0 Å². The maximum Gasteiger partial charge on any atom is 0.234 e. The van der Waals surface area contributed by atoms with Gasteiger partial charge in [0.05, 0.1) is 5.69 Å². The summed E-state index contributed by atoms with van der Waals surface area (Å²) in [7, 11) is 0. The number of imidazole rings is 1. The van der Waals surface area contributed by atoms with Crippen molar-refractivity contribution in [3.8, 4) is 0 Å². The van der Waals surface area contributed by atoms with Crippen molar-refractivity contribution in [2.75, 3.05) is 0 Å². The molecule has 0 spiro atoms. The Morgan fingerprint density at radius 1 is 1.38 bits per heavy atom. The predicted octanol–water partition coefficient (Wildman–Crippen LogP) is 1.78. The first kappa shape index (κ1) is 8.56. The first-order chi connectivity index (χ1) is 6.20. The molecule has 2 aromatic rings. The Labute approximate surface area is 82.2 Å². The molecule has 2 heterocycles. The van der Waals surface area contributed by atoms with E-state index in [1.54, 1.807) is 0 Å². The summed E-state index contributed by atoms with van der Waals surface area (Å²) in [4.78, 5) is 8.65. The quantitative estimate of drug-likeness (QED) is 0.700.